The Labute approximate surface area is 187 Å². The summed E-state index contributed by atoms with van der Waals surface area (Å²) in [6.07, 6.45) is -0.510. The van der Waals surface area contributed by atoms with E-state index in [1.54, 1.807) is 35.8 Å². The van der Waals surface area contributed by atoms with Crippen molar-refractivity contribution in [1.29, 1.82) is 0 Å². The first-order valence-electron chi connectivity index (χ1n) is 10.5. The molecular weight excluding hydrogens is 444 g/mol. The van der Waals surface area contributed by atoms with Crippen molar-refractivity contribution in [2.45, 2.75) is 46.1 Å². The number of halogens is 4. The van der Waals surface area contributed by atoms with E-state index in [4.69, 9.17) is 4.74 Å². The van der Waals surface area contributed by atoms with Crippen molar-refractivity contribution in [3.05, 3.63) is 57.8 Å². The first-order valence-corrected chi connectivity index (χ1v) is 10.5. The number of alkyl halides is 3. The molecule has 178 valence electrons. The molecule has 1 aliphatic heterocycles. The maximum atomic E-state index is 15.1. The van der Waals surface area contributed by atoms with E-state index in [-0.39, 0.29) is 18.5 Å². The number of morpholine rings is 1. The third-order valence-electron chi connectivity index (χ3n) is 5.56. The molecule has 4 rings (SSSR count). The van der Waals surface area contributed by atoms with Gasteiger partial charge in [-0.05, 0) is 26.8 Å². The van der Waals surface area contributed by atoms with Crippen LogP contribution in [0.25, 0.3) is 5.82 Å². The fraction of sp³-hybridized carbons (Fsp3) is 0.476. The fourth-order valence-corrected chi connectivity index (χ4v) is 3.84. The summed E-state index contributed by atoms with van der Waals surface area (Å²) in [6.45, 7) is 7.02. The van der Waals surface area contributed by atoms with E-state index < -0.39 is 29.1 Å². The van der Waals surface area contributed by atoms with Crippen molar-refractivity contribution in [2.24, 2.45) is 0 Å². The van der Waals surface area contributed by atoms with Gasteiger partial charge in [0.2, 0.25) is 0 Å². The molecular formula is C21H24F4N6O2. The summed E-state index contributed by atoms with van der Waals surface area (Å²) in [5.74, 6) is -2.34. The lowest BCUT2D eigenvalue weighted by Crippen LogP contribution is -2.42. The summed E-state index contributed by atoms with van der Waals surface area (Å²) in [5, 5.41) is 4.16. The molecule has 0 radical (unpaired) electrons. The Kier molecular flexibility index (Phi) is 6.04. The lowest BCUT2D eigenvalue weighted by atomic mass is 10.2. The second-order valence-electron chi connectivity index (χ2n) is 8.00. The van der Waals surface area contributed by atoms with Crippen molar-refractivity contribution >= 4 is 5.82 Å². The van der Waals surface area contributed by atoms with Crippen LogP contribution in [0.4, 0.5) is 23.4 Å². The number of aryl methyl sites for hydroxylation is 2. The van der Waals surface area contributed by atoms with Crippen LogP contribution in [0.1, 0.15) is 30.7 Å². The summed E-state index contributed by atoms with van der Waals surface area (Å²) >= 11 is 0. The van der Waals surface area contributed by atoms with E-state index in [2.05, 4.69) is 10.1 Å². The molecule has 3 aromatic heterocycles. The van der Waals surface area contributed by atoms with E-state index in [9.17, 15) is 18.0 Å². The smallest absolute Gasteiger partial charge is 0.375 e. The molecule has 0 spiro atoms. The van der Waals surface area contributed by atoms with Gasteiger partial charge in [0, 0.05) is 43.3 Å². The molecule has 0 amide bonds. The van der Waals surface area contributed by atoms with Crippen molar-refractivity contribution in [2.75, 3.05) is 24.6 Å². The predicted octanol–water partition coefficient (Wildman–Crippen LogP) is 2.99. The number of aromatic nitrogens is 5. The zero-order valence-corrected chi connectivity index (χ0v) is 18.4. The van der Waals surface area contributed by atoms with E-state index in [0.29, 0.717) is 38.0 Å². The van der Waals surface area contributed by atoms with E-state index >= 15 is 4.39 Å². The molecule has 0 N–H and O–H groups in total. The topological polar surface area (TPSA) is 70.1 Å². The highest BCUT2D eigenvalue weighted by Gasteiger charge is 2.38. The van der Waals surface area contributed by atoms with Crippen molar-refractivity contribution < 1.29 is 22.3 Å². The van der Waals surface area contributed by atoms with Gasteiger partial charge in [-0.3, -0.25) is 9.25 Å². The molecule has 1 aliphatic rings. The van der Waals surface area contributed by atoms with Crippen LogP contribution in [0.2, 0.25) is 0 Å². The van der Waals surface area contributed by atoms with Crippen LogP contribution in [-0.2, 0) is 24.0 Å². The normalized spacial score (nSPS) is 17.1. The highest BCUT2D eigenvalue weighted by Crippen LogP contribution is 2.35. The summed E-state index contributed by atoms with van der Waals surface area (Å²) in [7, 11) is 0. The Morgan fingerprint density at radius 1 is 1.27 bits per heavy atom. The van der Waals surface area contributed by atoms with Crippen LogP contribution >= 0.6 is 0 Å². The number of ether oxygens (including phenoxy) is 1. The molecule has 8 nitrogen and oxygen atoms in total. The molecule has 4 heterocycles. The van der Waals surface area contributed by atoms with Crippen molar-refractivity contribution in [3.63, 3.8) is 0 Å². The number of hydrogen-bond acceptors (Lipinski definition) is 5. The number of anilines is 1. The number of nitrogens with zero attached hydrogens (tertiary/aromatic N) is 6. The molecule has 1 fully saturated rings. The Balaban J connectivity index is 1.81. The summed E-state index contributed by atoms with van der Waals surface area (Å²) < 4.78 is 65.4. The molecule has 12 heteroatoms. The number of imidazole rings is 1. The largest absolute Gasteiger partial charge is 0.419 e. The van der Waals surface area contributed by atoms with Crippen LogP contribution < -0.4 is 10.6 Å². The second kappa shape index (κ2) is 8.65. The molecule has 0 saturated carbocycles. The molecule has 33 heavy (non-hydrogen) atoms. The van der Waals surface area contributed by atoms with Crippen molar-refractivity contribution in [1.82, 2.24) is 23.9 Å². The summed E-state index contributed by atoms with van der Waals surface area (Å²) in [6, 6.07) is 0.685. The first kappa shape index (κ1) is 23.0. The van der Waals surface area contributed by atoms with Crippen LogP contribution in [0, 0.1) is 12.7 Å². The molecule has 3 aromatic rings. The van der Waals surface area contributed by atoms with Gasteiger partial charge in [-0.1, -0.05) is 0 Å². The molecule has 0 bridgehead atoms. The number of rotatable bonds is 5. The third kappa shape index (κ3) is 4.52. The highest BCUT2D eigenvalue weighted by molar-refractivity contribution is 5.49. The Morgan fingerprint density at radius 2 is 2.03 bits per heavy atom. The first-order chi connectivity index (χ1) is 15.6. The minimum absolute atomic E-state index is 0.0598. The lowest BCUT2D eigenvalue weighted by molar-refractivity contribution is -0.140. The number of hydrogen-bond donors (Lipinski definition) is 0. The number of pyridine rings is 1. The zero-order chi connectivity index (χ0) is 23.9. The Hall–Kier alpha value is -3.15. The SMILES string of the molecule is CCn1cc(Cn2c(C)cn(-c3nc(N4CCO[C@H](C)C4)cc(C(F)(F)F)c3F)c2=O)cn1. The quantitative estimate of drug-likeness (QED) is 0.539. The minimum Gasteiger partial charge on any atom is -0.375 e. The van der Waals surface area contributed by atoms with Gasteiger partial charge in [0.05, 0.1) is 31.0 Å². The third-order valence-corrected chi connectivity index (χ3v) is 5.56. The van der Waals surface area contributed by atoms with Gasteiger partial charge >= 0.3 is 11.9 Å². The molecule has 0 aliphatic carbocycles. The maximum Gasteiger partial charge on any atom is 0.419 e. The minimum atomic E-state index is -4.95. The van der Waals surface area contributed by atoms with Crippen LogP contribution in [0.15, 0.2) is 29.5 Å². The average Bonchev–Trinajstić information content (AvgIpc) is 3.33. The van der Waals surface area contributed by atoms with Crippen molar-refractivity contribution in [3.8, 4) is 5.82 Å². The van der Waals surface area contributed by atoms with Gasteiger partial charge in [0.1, 0.15) is 5.82 Å². The Morgan fingerprint density at radius 3 is 2.67 bits per heavy atom. The lowest BCUT2D eigenvalue weighted by Gasteiger charge is -2.32. The highest BCUT2D eigenvalue weighted by atomic mass is 19.4. The monoisotopic (exact) mass is 468 g/mol. The van der Waals surface area contributed by atoms with Gasteiger partial charge in [-0.25, -0.2) is 18.7 Å². The van der Waals surface area contributed by atoms with Crippen LogP contribution in [-0.4, -0.2) is 49.7 Å². The summed E-state index contributed by atoms with van der Waals surface area (Å²) in [4.78, 5) is 18.8. The fourth-order valence-electron chi connectivity index (χ4n) is 3.84. The van der Waals surface area contributed by atoms with E-state index in [1.807, 2.05) is 6.92 Å². The summed E-state index contributed by atoms with van der Waals surface area (Å²) in [5.41, 5.74) is -0.975. The molecule has 0 unspecified atom stereocenters. The van der Waals surface area contributed by atoms with Gasteiger partial charge in [0.15, 0.2) is 11.6 Å². The van der Waals surface area contributed by atoms with E-state index in [0.717, 1.165) is 10.1 Å². The molecule has 1 atom stereocenters. The predicted molar refractivity (Wildman–Crippen MR) is 112 cm³/mol. The second-order valence-corrected chi connectivity index (χ2v) is 8.00. The van der Waals surface area contributed by atoms with Gasteiger partial charge in [-0.2, -0.15) is 18.3 Å². The Bertz CT molecular complexity index is 1210. The van der Waals surface area contributed by atoms with Crippen LogP contribution in [0.5, 0.6) is 0 Å². The molecule has 1 saturated heterocycles. The average molecular weight is 468 g/mol. The van der Waals surface area contributed by atoms with E-state index in [1.165, 1.54) is 10.8 Å². The van der Waals surface area contributed by atoms with Gasteiger partial charge in [0.25, 0.3) is 0 Å². The maximum absolute atomic E-state index is 15.1. The van der Waals surface area contributed by atoms with Gasteiger partial charge < -0.3 is 9.64 Å². The van der Waals surface area contributed by atoms with Gasteiger partial charge in [-0.15, -0.1) is 0 Å². The zero-order valence-electron chi connectivity index (χ0n) is 18.4. The molecule has 0 aromatic carbocycles. The van der Waals surface area contributed by atoms with Crippen LogP contribution in [0.3, 0.4) is 0 Å². The standard InChI is InChI=1S/C21H24F4N6O2/c1-4-29-11-15(8-26-29)12-30-13(2)9-31(20(30)32)19-18(22)16(21(23,24)25)7-17(27-19)28-5-6-33-14(3)10-28/h7-9,11,14H,4-6,10,12H2,1-3H3/t14-/m1/s1.